The van der Waals surface area contributed by atoms with Crippen molar-refractivity contribution in [3.05, 3.63) is 33.4 Å². The maximum absolute atomic E-state index is 11.7. The molecule has 1 fully saturated rings. The summed E-state index contributed by atoms with van der Waals surface area (Å²) in [6.45, 7) is -0.207. The van der Waals surface area contributed by atoms with Gasteiger partial charge in [0.15, 0.2) is 6.61 Å². The zero-order valence-corrected chi connectivity index (χ0v) is 13.4. The molecule has 108 valence electrons. The van der Waals surface area contributed by atoms with Crippen molar-refractivity contribution in [2.24, 2.45) is 0 Å². The number of rotatable bonds is 4. The minimum Gasteiger partial charge on any atom is -0.452 e. The number of carbonyl (C=O) groups excluding carboxylic acids is 2. The van der Waals surface area contributed by atoms with Gasteiger partial charge in [-0.1, -0.05) is 19.3 Å². The van der Waals surface area contributed by atoms with Gasteiger partial charge in [0.1, 0.15) is 0 Å². The summed E-state index contributed by atoms with van der Waals surface area (Å²) in [5.41, 5.74) is 0.468. The molecule has 0 unspecified atom stereocenters. The largest absolute Gasteiger partial charge is 0.452 e. The van der Waals surface area contributed by atoms with Crippen LogP contribution in [0.5, 0.6) is 0 Å². The zero-order valence-electron chi connectivity index (χ0n) is 11.2. The molecule has 4 nitrogen and oxygen atoms in total. The number of esters is 1. The van der Waals surface area contributed by atoms with E-state index in [0.717, 1.165) is 29.3 Å². The van der Waals surface area contributed by atoms with Crippen molar-refractivity contribution in [2.75, 3.05) is 6.61 Å². The minimum absolute atomic E-state index is 0.207. The van der Waals surface area contributed by atoms with E-state index in [9.17, 15) is 9.59 Å². The molecule has 0 bridgehead atoms. The fourth-order valence-corrected chi connectivity index (χ4v) is 2.68. The molecule has 1 amide bonds. The van der Waals surface area contributed by atoms with Crippen molar-refractivity contribution in [1.82, 2.24) is 5.32 Å². The number of ether oxygens (including phenoxy) is 1. The maximum atomic E-state index is 11.7. The second-order valence-corrected chi connectivity index (χ2v) is 6.23. The highest BCUT2D eigenvalue weighted by Gasteiger charge is 2.16. The summed E-state index contributed by atoms with van der Waals surface area (Å²) >= 11 is 2.17. The van der Waals surface area contributed by atoms with E-state index >= 15 is 0 Å². The van der Waals surface area contributed by atoms with Gasteiger partial charge in [-0.05, 0) is 59.7 Å². The first-order valence-electron chi connectivity index (χ1n) is 6.87. The molecule has 5 heteroatoms. The smallest absolute Gasteiger partial charge is 0.338 e. The van der Waals surface area contributed by atoms with Crippen LogP contribution in [0, 0.1) is 3.57 Å². The first-order valence-corrected chi connectivity index (χ1v) is 7.95. The Morgan fingerprint density at radius 2 is 1.80 bits per heavy atom. The lowest BCUT2D eigenvalue weighted by molar-refractivity contribution is -0.125. The van der Waals surface area contributed by atoms with E-state index in [4.69, 9.17) is 4.74 Å². The molecular weight excluding hydrogens is 369 g/mol. The topological polar surface area (TPSA) is 55.4 Å². The summed E-state index contributed by atoms with van der Waals surface area (Å²) in [6.07, 6.45) is 5.61. The molecule has 1 aliphatic carbocycles. The van der Waals surface area contributed by atoms with Gasteiger partial charge in [0.05, 0.1) is 5.56 Å². The van der Waals surface area contributed by atoms with Gasteiger partial charge in [-0.15, -0.1) is 0 Å². The fraction of sp³-hybridized carbons (Fsp3) is 0.467. The molecule has 0 heterocycles. The molecule has 0 saturated heterocycles. The predicted octanol–water partition coefficient (Wildman–Crippen LogP) is 2.90. The van der Waals surface area contributed by atoms with E-state index < -0.39 is 5.97 Å². The van der Waals surface area contributed by atoms with Gasteiger partial charge in [0.2, 0.25) is 0 Å². The molecule has 1 aromatic carbocycles. The normalized spacial score (nSPS) is 15.7. The Morgan fingerprint density at radius 1 is 1.15 bits per heavy atom. The van der Waals surface area contributed by atoms with Crippen LogP contribution in [-0.2, 0) is 9.53 Å². The first-order chi connectivity index (χ1) is 9.65. The van der Waals surface area contributed by atoms with Crippen LogP contribution in [0.4, 0.5) is 0 Å². The molecule has 1 aromatic rings. The Hall–Kier alpha value is -1.11. The van der Waals surface area contributed by atoms with Gasteiger partial charge >= 0.3 is 5.97 Å². The van der Waals surface area contributed by atoms with Gasteiger partial charge in [-0.3, -0.25) is 4.79 Å². The predicted molar refractivity (Wildman–Crippen MR) is 84.5 cm³/mol. The SMILES string of the molecule is O=C(COC(=O)c1ccc(I)cc1)NC1CCCCC1. The number of carbonyl (C=O) groups is 2. The van der Waals surface area contributed by atoms with Crippen molar-refractivity contribution in [3.63, 3.8) is 0 Å². The standard InChI is InChI=1S/C15H18INO3/c16-12-8-6-11(7-9-12)15(19)20-10-14(18)17-13-4-2-1-3-5-13/h6-9,13H,1-5,10H2,(H,17,18). The van der Waals surface area contributed by atoms with Crippen molar-refractivity contribution in [3.8, 4) is 0 Å². The molecule has 2 rings (SSSR count). The molecule has 0 aromatic heterocycles. The van der Waals surface area contributed by atoms with E-state index in [0.29, 0.717) is 5.56 Å². The lowest BCUT2D eigenvalue weighted by Crippen LogP contribution is -2.38. The highest BCUT2D eigenvalue weighted by molar-refractivity contribution is 14.1. The van der Waals surface area contributed by atoms with Crippen LogP contribution in [0.2, 0.25) is 0 Å². The molecule has 1 N–H and O–H groups in total. The lowest BCUT2D eigenvalue weighted by Gasteiger charge is -2.22. The summed E-state index contributed by atoms with van der Waals surface area (Å²) in [7, 11) is 0. The molecule has 0 aliphatic heterocycles. The third kappa shape index (κ3) is 4.77. The van der Waals surface area contributed by atoms with Crippen LogP contribution in [0.15, 0.2) is 24.3 Å². The Labute approximate surface area is 132 Å². The van der Waals surface area contributed by atoms with Gasteiger partial charge in [0, 0.05) is 9.61 Å². The number of hydrogen-bond donors (Lipinski definition) is 1. The summed E-state index contributed by atoms with van der Waals surface area (Å²) in [4.78, 5) is 23.5. The number of hydrogen-bond acceptors (Lipinski definition) is 3. The Kier molecular flexibility index (Phi) is 5.82. The van der Waals surface area contributed by atoms with E-state index in [1.165, 1.54) is 6.42 Å². The number of amides is 1. The summed E-state index contributed by atoms with van der Waals surface area (Å²) in [6, 6.07) is 7.30. The van der Waals surface area contributed by atoms with Crippen molar-refractivity contribution in [2.45, 2.75) is 38.1 Å². The molecular formula is C15H18INO3. The number of halogens is 1. The van der Waals surface area contributed by atoms with E-state index in [-0.39, 0.29) is 18.6 Å². The second-order valence-electron chi connectivity index (χ2n) is 4.99. The highest BCUT2D eigenvalue weighted by Crippen LogP contribution is 2.17. The average Bonchev–Trinajstić information content (AvgIpc) is 2.46. The third-order valence-electron chi connectivity index (χ3n) is 3.38. The molecule has 20 heavy (non-hydrogen) atoms. The molecule has 0 atom stereocenters. The van der Waals surface area contributed by atoms with Gasteiger partial charge < -0.3 is 10.1 Å². The van der Waals surface area contributed by atoms with Crippen LogP contribution < -0.4 is 5.32 Å². The number of benzene rings is 1. The third-order valence-corrected chi connectivity index (χ3v) is 4.10. The van der Waals surface area contributed by atoms with Gasteiger partial charge in [0.25, 0.3) is 5.91 Å². The van der Waals surface area contributed by atoms with Crippen molar-refractivity contribution in [1.29, 1.82) is 0 Å². The summed E-state index contributed by atoms with van der Waals surface area (Å²) in [5.74, 6) is -0.670. The maximum Gasteiger partial charge on any atom is 0.338 e. The molecule has 1 saturated carbocycles. The fourth-order valence-electron chi connectivity index (χ4n) is 2.32. The van der Waals surface area contributed by atoms with Gasteiger partial charge in [-0.25, -0.2) is 4.79 Å². The molecule has 0 spiro atoms. The van der Waals surface area contributed by atoms with Crippen LogP contribution in [-0.4, -0.2) is 24.5 Å². The van der Waals surface area contributed by atoms with E-state index in [1.807, 2.05) is 12.1 Å². The van der Waals surface area contributed by atoms with Crippen LogP contribution in [0.3, 0.4) is 0 Å². The van der Waals surface area contributed by atoms with Crippen molar-refractivity contribution >= 4 is 34.5 Å². The minimum atomic E-state index is -0.458. The zero-order chi connectivity index (χ0) is 14.4. The monoisotopic (exact) mass is 387 g/mol. The summed E-state index contributed by atoms with van der Waals surface area (Å²) in [5, 5.41) is 2.92. The Morgan fingerprint density at radius 3 is 2.45 bits per heavy atom. The van der Waals surface area contributed by atoms with Crippen LogP contribution >= 0.6 is 22.6 Å². The number of nitrogens with one attached hydrogen (secondary N) is 1. The van der Waals surface area contributed by atoms with Crippen molar-refractivity contribution < 1.29 is 14.3 Å². The first kappa shape index (κ1) is 15.3. The van der Waals surface area contributed by atoms with E-state index in [2.05, 4.69) is 27.9 Å². The summed E-state index contributed by atoms with van der Waals surface area (Å²) < 4.78 is 6.07. The Balaban J connectivity index is 1.75. The second kappa shape index (κ2) is 7.61. The molecule has 1 aliphatic rings. The van der Waals surface area contributed by atoms with E-state index in [1.54, 1.807) is 12.1 Å². The van der Waals surface area contributed by atoms with Gasteiger partial charge in [-0.2, -0.15) is 0 Å². The average molecular weight is 387 g/mol. The van der Waals surface area contributed by atoms with Crippen LogP contribution in [0.1, 0.15) is 42.5 Å². The highest BCUT2D eigenvalue weighted by atomic mass is 127. The van der Waals surface area contributed by atoms with Crippen LogP contribution in [0.25, 0.3) is 0 Å². The lowest BCUT2D eigenvalue weighted by atomic mass is 9.95. The Bertz CT molecular complexity index is 467. The molecule has 0 radical (unpaired) electrons. The quantitative estimate of drug-likeness (QED) is 0.639.